The zero-order valence-electron chi connectivity index (χ0n) is 14.7. The molecule has 0 radical (unpaired) electrons. The van der Waals surface area contributed by atoms with Gasteiger partial charge in [0.1, 0.15) is 5.82 Å². The first kappa shape index (κ1) is 17.4. The zero-order valence-corrected chi connectivity index (χ0v) is 14.7. The van der Waals surface area contributed by atoms with Gasteiger partial charge in [0.25, 0.3) is 5.91 Å². The van der Waals surface area contributed by atoms with Gasteiger partial charge in [0, 0.05) is 37.0 Å². The third-order valence-corrected chi connectivity index (χ3v) is 6.14. The van der Waals surface area contributed by atoms with Crippen molar-refractivity contribution in [3.05, 3.63) is 35.1 Å². The molecule has 1 aromatic carbocycles. The average molecular weight is 362 g/mol. The molecule has 0 unspecified atom stereocenters. The van der Waals surface area contributed by atoms with Gasteiger partial charge in [0.15, 0.2) is 0 Å². The van der Waals surface area contributed by atoms with Gasteiger partial charge in [-0.15, -0.1) is 0 Å². The Morgan fingerprint density at radius 1 is 1.46 bits per heavy atom. The fourth-order valence-electron chi connectivity index (χ4n) is 5.06. The van der Waals surface area contributed by atoms with E-state index < -0.39 is 5.97 Å². The molecule has 1 aromatic rings. The molecule has 7 heteroatoms. The zero-order chi connectivity index (χ0) is 18.5. The maximum atomic E-state index is 13.2. The number of aliphatic carboxylic acids is 1. The van der Waals surface area contributed by atoms with Crippen molar-refractivity contribution in [2.24, 2.45) is 11.8 Å². The number of nitrogens with zero attached hydrogens (tertiary/aromatic N) is 1. The van der Waals surface area contributed by atoms with E-state index in [0.29, 0.717) is 30.8 Å². The van der Waals surface area contributed by atoms with Crippen LogP contribution in [0.25, 0.3) is 0 Å². The van der Waals surface area contributed by atoms with E-state index in [0.717, 1.165) is 12.8 Å². The lowest BCUT2D eigenvalue weighted by Gasteiger charge is -2.29. The Bertz CT molecular complexity index is 755. The second kappa shape index (κ2) is 6.32. The van der Waals surface area contributed by atoms with Crippen LogP contribution in [0.15, 0.2) is 18.2 Å². The van der Waals surface area contributed by atoms with Gasteiger partial charge in [0.2, 0.25) is 0 Å². The van der Waals surface area contributed by atoms with Crippen molar-refractivity contribution in [1.29, 1.82) is 0 Å². The monoisotopic (exact) mass is 362 g/mol. The number of ether oxygens (including phenoxy) is 1. The third kappa shape index (κ3) is 2.89. The summed E-state index contributed by atoms with van der Waals surface area (Å²) >= 11 is 0. The number of benzene rings is 1. The van der Waals surface area contributed by atoms with Crippen molar-refractivity contribution in [1.82, 2.24) is 10.2 Å². The smallest absolute Gasteiger partial charge is 0.317 e. The highest BCUT2D eigenvalue weighted by Crippen LogP contribution is 2.54. The first-order chi connectivity index (χ1) is 12.4. The number of hydrogen-bond acceptors (Lipinski definition) is 4. The van der Waals surface area contributed by atoms with Gasteiger partial charge in [-0.3, -0.25) is 14.5 Å². The summed E-state index contributed by atoms with van der Waals surface area (Å²) in [6.07, 6.45) is 2.04. The number of fused-ring (bicyclic) bond motifs is 1. The molecule has 3 aliphatic rings. The van der Waals surface area contributed by atoms with Crippen LogP contribution in [0.2, 0.25) is 0 Å². The summed E-state index contributed by atoms with van der Waals surface area (Å²) in [6, 6.07) is 4.15. The van der Waals surface area contributed by atoms with E-state index in [1.54, 1.807) is 6.92 Å². The Morgan fingerprint density at radius 2 is 2.27 bits per heavy atom. The number of halogens is 1. The number of hydrogen-bond donors (Lipinski definition) is 2. The molecule has 6 nitrogen and oxygen atoms in total. The van der Waals surface area contributed by atoms with E-state index >= 15 is 0 Å². The lowest BCUT2D eigenvalue weighted by molar-refractivity contribution is -0.138. The first-order valence-electron chi connectivity index (χ1n) is 9.04. The predicted molar refractivity (Wildman–Crippen MR) is 91.4 cm³/mol. The summed E-state index contributed by atoms with van der Waals surface area (Å²) < 4.78 is 19.5. The summed E-state index contributed by atoms with van der Waals surface area (Å²) in [5.74, 6) is -0.957. The summed E-state index contributed by atoms with van der Waals surface area (Å²) in [5, 5.41) is 12.0. The third-order valence-electron chi connectivity index (χ3n) is 6.14. The number of carbonyl (C=O) groups excluding carboxylic acids is 1. The Hall–Kier alpha value is -1.99. The van der Waals surface area contributed by atoms with Crippen LogP contribution >= 0.6 is 0 Å². The number of amides is 1. The topological polar surface area (TPSA) is 78.9 Å². The highest BCUT2D eigenvalue weighted by Gasteiger charge is 2.62. The summed E-state index contributed by atoms with van der Waals surface area (Å²) in [7, 11) is 0. The molecule has 140 valence electrons. The molecule has 3 heterocycles. The van der Waals surface area contributed by atoms with Crippen LogP contribution in [0.4, 0.5) is 4.39 Å². The SMILES string of the molecule is Cc1cc(F)ccc1C(=O)NC[C@H]1[C@H]2CN(CC(=O)O)C[C@]23CC[C@H]1O3. The number of aryl methyl sites for hydroxylation is 1. The van der Waals surface area contributed by atoms with Crippen LogP contribution in [0.5, 0.6) is 0 Å². The number of carboxylic acid groups (broad SMARTS) is 1. The Kier molecular flexibility index (Phi) is 4.23. The van der Waals surface area contributed by atoms with Crippen LogP contribution in [0.3, 0.4) is 0 Å². The second-order valence-electron chi connectivity index (χ2n) is 7.76. The highest BCUT2D eigenvalue weighted by atomic mass is 19.1. The molecular weight excluding hydrogens is 339 g/mol. The van der Waals surface area contributed by atoms with E-state index in [2.05, 4.69) is 5.32 Å². The minimum Gasteiger partial charge on any atom is -0.480 e. The molecule has 3 aliphatic heterocycles. The van der Waals surface area contributed by atoms with Crippen LogP contribution in [-0.4, -0.2) is 59.8 Å². The van der Waals surface area contributed by atoms with Crippen LogP contribution in [0, 0.1) is 24.6 Å². The molecule has 2 N–H and O–H groups in total. The molecule has 4 atom stereocenters. The van der Waals surface area contributed by atoms with E-state index in [-0.39, 0.29) is 41.8 Å². The molecule has 0 aliphatic carbocycles. The summed E-state index contributed by atoms with van der Waals surface area (Å²) in [4.78, 5) is 25.4. The molecule has 3 fully saturated rings. The van der Waals surface area contributed by atoms with Crippen LogP contribution in [0.1, 0.15) is 28.8 Å². The Morgan fingerprint density at radius 3 is 3.00 bits per heavy atom. The van der Waals surface area contributed by atoms with Crippen molar-refractivity contribution in [2.45, 2.75) is 31.5 Å². The second-order valence-corrected chi connectivity index (χ2v) is 7.76. The molecular formula is C19H23FN2O4. The van der Waals surface area contributed by atoms with Crippen LogP contribution < -0.4 is 5.32 Å². The van der Waals surface area contributed by atoms with Gasteiger partial charge in [-0.2, -0.15) is 0 Å². The number of rotatable bonds is 5. The lowest BCUT2D eigenvalue weighted by atomic mass is 9.73. The number of carboxylic acids is 1. The largest absolute Gasteiger partial charge is 0.480 e. The summed E-state index contributed by atoms with van der Waals surface area (Å²) in [5.41, 5.74) is 0.835. The molecule has 2 bridgehead atoms. The molecule has 4 rings (SSSR count). The van der Waals surface area contributed by atoms with E-state index in [1.165, 1.54) is 18.2 Å². The molecule has 1 spiro atoms. The van der Waals surface area contributed by atoms with Gasteiger partial charge in [-0.05, 0) is 43.5 Å². The van der Waals surface area contributed by atoms with Crippen molar-refractivity contribution >= 4 is 11.9 Å². The minimum atomic E-state index is -0.826. The Balaban J connectivity index is 1.42. The number of carbonyl (C=O) groups is 2. The maximum Gasteiger partial charge on any atom is 0.317 e. The molecule has 0 aromatic heterocycles. The minimum absolute atomic E-state index is 0.0279. The standard InChI is InChI=1S/C19H23FN2O4/c1-11-6-12(20)2-3-13(11)18(25)21-7-14-15-8-22(9-17(23)24)10-19(15)5-4-16(14)26-19/h2-3,6,14-16H,4-5,7-10H2,1H3,(H,21,25)(H,23,24)/t14-,15+,16+,19+/m0/s1. The van der Waals surface area contributed by atoms with Gasteiger partial charge >= 0.3 is 5.97 Å². The normalized spacial score (nSPS) is 32.6. The van der Waals surface area contributed by atoms with Crippen LogP contribution in [-0.2, 0) is 9.53 Å². The fraction of sp³-hybridized carbons (Fsp3) is 0.579. The summed E-state index contributed by atoms with van der Waals surface area (Å²) in [6.45, 7) is 3.59. The molecule has 1 amide bonds. The average Bonchev–Trinajstić information content (AvgIpc) is 3.19. The molecule has 26 heavy (non-hydrogen) atoms. The quantitative estimate of drug-likeness (QED) is 0.828. The first-order valence-corrected chi connectivity index (χ1v) is 9.04. The van der Waals surface area contributed by atoms with Crippen molar-refractivity contribution < 1.29 is 23.8 Å². The van der Waals surface area contributed by atoms with Crippen molar-refractivity contribution in [3.63, 3.8) is 0 Å². The number of nitrogens with one attached hydrogen (secondary N) is 1. The van der Waals surface area contributed by atoms with Gasteiger partial charge < -0.3 is 15.2 Å². The van der Waals surface area contributed by atoms with E-state index in [9.17, 15) is 14.0 Å². The van der Waals surface area contributed by atoms with Gasteiger partial charge in [0.05, 0.1) is 18.2 Å². The predicted octanol–water partition coefficient (Wildman–Crippen LogP) is 1.43. The lowest BCUT2D eigenvalue weighted by Crippen LogP contribution is -2.42. The van der Waals surface area contributed by atoms with Gasteiger partial charge in [-0.25, -0.2) is 4.39 Å². The fourth-order valence-corrected chi connectivity index (χ4v) is 5.06. The molecule has 3 saturated heterocycles. The van der Waals surface area contributed by atoms with E-state index in [4.69, 9.17) is 9.84 Å². The maximum absolute atomic E-state index is 13.2. The van der Waals surface area contributed by atoms with Gasteiger partial charge in [-0.1, -0.05) is 0 Å². The Labute approximate surface area is 151 Å². The van der Waals surface area contributed by atoms with Crippen molar-refractivity contribution in [2.75, 3.05) is 26.2 Å². The highest BCUT2D eigenvalue weighted by molar-refractivity contribution is 5.95. The van der Waals surface area contributed by atoms with E-state index in [1.807, 2.05) is 4.90 Å². The number of likely N-dealkylation sites (tertiary alicyclic amines) is 1. The van der Waals surface area contributed by atoms with Crippen molar-refractivity contribution in [3.8, 4) is 0 Å². The molecule has 0 saturated carbocycles.